The number of rotatable bonds is 4. The van der Waals surface area contributed by atoms with Crippen molar-refractivity contribution in [3.05, 3.63) is 42.5 Å². The Morgan fingerprint density at radius 3 is 2.76 bits per heavy atom. The van der Waals surface area contributed by atoms with E-state index in [1.54, 1.807) is 17.5 Å². The van der Waals surface area contributed by atoms with Gasteiger partial charge in [0.15, 0.2) is 5.13 Å². The Morgan fingerprint density at radius 2 is 2.00 bits per heavy atom. The van der Waals surface area contributed by atoms with E-state index in [0.717, 1.165) is 49.1 Å². The molecule has 25 heavy (non-hydrogen) atoms. The van der Waals surface area contributed by atoms with Gasteiger partial charge in [-0.25, -0.2) is 9.97 Å². The van der Waals surface area contributed by atoms with Crippen molar-refractivity contribution in [3.8, 4) is 0 Å². The molecule has 7 heteroatoms. The van der Waals surface area contributed by atoms with Crippen LogP contribution in [0.1, 0.15) is 12.7 Å². The van der Waals surface area contributed by atoms with E-state index in [2.05, 4.69) is 22.9 Å². The molecule has 3 aromatic rings. The number of carbonyl (C=O) groups is 1. The summed E-state index contributed by atoms with van der Waals surface area (Å²) in [4.78, 5) is 25.8. The topological polar surface area (TPSA) is 54.3 Å². The van der Waals surface area contributed by atoms with Gasteiger partial charge < -0.3 is 14.4 Å². The number of piperazine rings is 1. The number of imidazole rings is 1. The largest absolute Gasteiger partial charge is 0.345 e. The van der Waals surface area contributed by atoms with Gasteiger partial charge in [0.05, 0.1) is 10.2 Å². The van der Waals surface area contributed by atoms with Crippen molar-refractivity contribution >= 4 is 32.6 Å². The van der Waals surface area contributed by atoms with Crippen LogP contribution in [0.5, 0.6) is 0 Å². The highest BCUT2D eigenvalue weighted by molar-refractivity contribution is 7.22. The number of aromatic nitrogens is 3. The summed E-state index contributed by atoms with van der Waals surface area (Å²) in [6.07, 6.45) is 4.48. The van der Waals surface area contributed by atoms with Gasteiger partial charge in [-0.15, -0.1) is 0 Å². The Labute approximate surface area is 150 Å². The molecule has 0 atom stereocenters. The first-order valence-corrected chi connectivity index (χ1v) is 9.44. The van der Waals surface area contributed by atoms with Gasteiger partial charge in [-0.3, -0.25) is 4.79 Å². The van der Waals surface area contributed by atoms with Crippen molar-refractivity contribution < 1.29 is 4.79 Å². The highest BCUT2D eigenvalue weighted by Gasteiger charge is 2.23. The third-order valence-corrected chi connectivity index (χ3v) is 5.71. The second kappa shape index (κ2) is 6.84. The monoisotopic (exact) mass is 355 g/mol. The predicted octanol–water partition coefficient (Wildman–Crippen LogP) is 2.40. The minimum absolute atomic E-state index is 0.164. The van der Waals surface area contributed by atoms with E-state index in [0.29, 0.717) is 6.54 Å². The summed E-state index contributed by atoms with van der Waals surface area (Å²) in [5.41, 5.74) is 1.05. The lowest BCUT2D eigenvalue weighted by Gasteiger charge is -2.34. The van der Waals surface area contributed by atoms with Gasteiger partial charge in [-0.1, -0.05) is 30.4 Å². The molecule has 1 amide bonds. The van der Waals surface area contributed by atoms with E-state index in [9.17, 15) is 4.79 Å². The van der Waals surface area contributed by atoms with Crippen molar-refractivity contribution in [3.63, 3.8) is 0 Å². The van der Waals surface area contributed by atoms with Crippen molar-refractivity contribution in [1.29, 1.82) is 0 Å². The van der Waals surface area contributed by atoms with Crippen LogP contribution in [0.2, 0.25) is 0 Å². The molecular weight excluding hydrogens is 334 g/mol. The summed E-state index contributed by atoms with van der Waals surface area (Å²) in [6.45, 7) is 5.58. The van der Waals surface area contributed by atoms with Gasteiger partial charge in [0, 0.05) is 45.0 Å². The molecular formula is C18H21N5OS. The number of carbonyl (C=O) groups excluding carboxylic acids is 1. The lowest BCUT2D eigenvalue weighted by Crippen LogP contribution is -2.49. The van der Waals surface area contributed by atoms with E-state index in [-0.39, 0.29) is 5.91 Å². The summed E-state index contributed by atoms with van der Waals surface area (Å²) in [6, 6.07) is 8.21. The molecule has 0 N–H and O–H groups in total. The second-order valence-corrected chi connectivity index (χ2v) is 7.17. The molecule has 130 valence electrons. The lowest BCUT2D eigenvalue weighted by atomic mass is 10.3. The van der Waals surface area contributed by atoms with E-state index in [4.69, 9.17) is 4.98 Å². The molecule has 1 saturated heterocycles. The van der Waals surface area contributed by atoms with Crippen LogP contribution in [0.3, 0.4) is 0 Å². The Balaban J connectivity index is 1.38. The first-order valence-electron chi connectivity index (χ1n) is 8.63. The van der Waals surface area contributed by atoms with Gasteiger partial charge in [0.2, 0.25) is 5.91 Å². The first-order chi connectivity index (χ1) is 12.2. The molecule has 4 rings (SSSR count). The van der Waals surface area contributed by atoms with Crippen molar-refractivity contribution in [1.82, 2.24) is 19.4 Å². The van der Waals surface area contributed by atoms with Gasteiger partial charge in [0.25, 0.3) is 0 Å². The molecule has 0 spiro atoms. The molecule has 3 heterocycles. The zero-order valence-electron chi connectivity index (χ0n) is 14.3. The maximum absolute atomic E-state index is 12.6. The number of amides is 1. The predicted molar refractivity (Wildman–Crippen MR) is 100 cm³/mol. The van der Waals surface area contributed by atoms with E-state index >= 15 is 0 Å². The third kappa shape index (κ3) is 3.24. The number of aryl methyl sites for hydroxylation is 1. The summed E-state index contributed by atoms with van der Waals surface area (Å²) in [7, 11) is 0. The van der Waals surface area contributed by atoms with Gasteiger partial charge in [0.1, 0.15) is 12.4 Å². The molecule has 6 nitrogen and oxygen atoms in total. The molecule has 0 saturated carbocycles. The molecule has 0 aliphatic carbocycles. The van der Waals surface area contributed by atoms with E-state index in [1.807, 2.05) is 33.9 Å². The number of para-hydroxylation sites is 1. The Kier molecular flexibility index (Phi) is 4.40. The van der Waals surface area contributed by atoms with Crippen molar-refractivity contribution in [2.45, 2.75) is 19.9 Å². The SMILES string of the molecule is CCc1nccn1CC(=O)N1CCN(c2nc3ccccc3s2)CC1. The first kappa shape index (κ1) is 16.1. The van der Waals surface area contributed by atoms with E-state index < -0.39 is 0 Å². The van der Waals surface area contributed by atoms with Crippen LogP contribution in [0, 0.1) is 0 Å². The van der Waals surface area contributed by atoms with Crippen molar-refractivity contribution in [2.75, 3.05) is 31.1 Å². The molecule has 0 bridgehead atoms. The summed E-state index contributed by atoms with van der Waals surface area (Å²) < 4.78 is 3.16. The zero-order chi connectivity index (χ0) is 17.2. The summed E-state index contributed by atoms with van der Waals surface area (Å²) in [5.74, 6) is 1.12. The average Bonchev–Trinajstić information content (AvgIpc) is 3.28. The number of thiazole rings is 1. The summed E-state index contributed by atoms with van der Waals surface area (Å²) >= 11 is 1.72. The molecule has 2 aromatic heterocycles. The smallest absolute Gasteiger partial charge is 0.242 e. The minimum Gasteiger partial charge on any atom is -0.345 e. The van der Waals surface area contributed by atoms with Crippen LogP contribution in [0.4, 0.5) is 5.13 Å². The maximum atomic E-state index is 12.6. The molecule has 0 radical (unpaired) electrons. The van der Waals surface area contributed by atoms with Crippen LogP contribution >= 0.6 is 11.3 Å². The van der Waals surface area contributed by atoms with Crippen LogP contribution < -0.4 is 4.90 Å². The van der Waals surface area contributed by atoms with Crippen molar-refractivity contribution in [2.24, 2.45) is 0 Å². The number of nitrogens with zero attached hydrogens (tertiary/aromatic N) is 5. The highest BCUT2D eigenvalue weighted by atomic mass is 32.1. The van der Waals surface area contributed by atoms with Crippen LogP contribution in [-0.2, 0) is 17.8 Å². The van der Waals surface area contributed by atoms with Gasteiger partial charge in [-0.05, 0) is 12.1 Å². The maximum Gasteiger partial charge on any atom is 0.242 e. The van der Waals surface area contributed by atoms with Gasteiger partial charge >= 0.3 is 0 Å². The van der Waals surface area contributed by atoms with Crippen LogP contribution in [-0.4, -0.2) is 51.5 Å². The Hall–Kier alpha value is -2.41. The van der Waals surface area contributed by atoms with Crippen LogP contribution in [0.15, 0.2) is 36.7 Å². The number of anilines is 1. The standard InChI is InChI=1S/C18H21N5OS/c1-2-16-19-7-8-23(16)13-17(24)21-9-11-22(12-10-21)18-20-14-5-3-4-6-15(14)25-18/h3-8H,2,9-13H2,1H3. The molecule has 1 aliphatic heterocycles. The van der Waals surface area contributed by atoms with Gasteiger partial charge in [-0.2, -0.15) is 0 Å². The number of hydrogen-bond acceptors (Lipinski definition) is 5. The third-order valence-electron chi connectivity index (χ3n) is 4.61. The zero-order valence-corrected chi connectivity index (χ0v) is 15.1. The number of fused-ring (bicyclic) bond motifs is 1. The lowest BCUT2D eigenvalue weighted by molar-refractivity contribution is -0.132. The number of hydrogen-bond donors (Lipinski definition) is 0. The normalized spacial score (nSPS) is 15.1. The molecule has 1 fully saturated rings. The number of benzene rings is 1. The molecule has 1 aromatic carbocycles. The Morgan fingerprint density at radius 1 is 1.20 bits per heavy atom. The molecule has 0 unspecified atom stereocenters. The quantitative estimate of drug-likeness (QED) is 0.721. The summed E-state index contributed by atoms with van der Waals surface area (Å²) in [5, 5.41) is 1.05. The fraction of sp³-hybridized carbons (Fsp3) is 0.389. The highest BCUT2D eigenvalue weighted by Crippen LogP contribution is 2.29. The molecule has 1 aliphatic rings. The fourth-order valence-electron chi connectivity index (χ4n) is 3.19. The Bertz CT molecular complexity index is 845. The average molecular weight is 355 g/mol. The van der Waals surface area contributed by atoms with E-state index in [1.165, 1.54) is 4.70 Å². The van der Waals surface area contributed by atoms with Crippen LogP contribution in [0.25, 0.3) is 10.2 Å². The second-order valence-electron chi connectivity index (χ2n) is 6.16. The minimum atomic E-state index is 0.164. The fourth-order valence-corrected chi connectivity index (χ4v) is 4.20.